The first-order valence-electron chi connectivity index (χ1n) is 6.58. The third kappa shape index (κ3) is 4.84. The van der Waals surface area contributed by atoms with E-state index in [1.807, 2.05) is 12.1 Å². The van der Waals surface area contributed by atoms with Gasteiger partial charge in [-0.05, 0) is 30.5 Å². The van der Waals surface area contributed by atoms with Crippen molar-refractivity contribution in [2.45, 2.75) is 25.5 Å². The van der Waals surface area contributed by atoms with Crippen molar-refractivity contribution in [3.05, 3.63) is 34.3 Å². The smallest absolute Gasteiger partial charge is 0.191 e. The van der Waals surface area contributed by atoms with Gasteiger partial charge in [-0.1, -0.05) is 28.1 Å². The molecule has 104 valence electrons. The van der Waals surface area contributed by atoms with Crippen molar-refractivity contribution in [3.8, 4) is 0 Å². The van der Waals surface area contributed by atoms with Crippen LogP contribution in [0.5, 0.6) is 0 Å². The van der Waals surface area contributed by atoms with Crippen LogP contribution in [0, 0.1) is 0 Å². The topological polar surface area (TPSA) is 45.7 Å². The van der Waals surface area contributed by atoms with Crippen LogP contribution in [-0.2, 0) is 11.3 Å². The standard InChI is InChI=1S/C14H20BrN3O/c1-16-14(18-10-13-3-2-8-19-13)17-9-11-4-6-12(15)7-5-11/h4-7,13H,2-3,8-10H2,1H3,(H2,16,17,18). The van der Waals surface area contributed by atoms with Gasteiger partial charge in [0.05, 0.1) is 6.10 Å². The second kappa shape index (κ2) is 7.50. The molecule has 0 aliphatic carbocycles. The highest BCUT2D eigenvalue weighted by Crippen LogP contribution is 2.11. The van der Waals surface area contributed by atoms with Crippen molar-refractivity contribution in [1.82, 2.24) is 10.6 Å². The van der Waals surface area contributed by atoms with Crippen molar-refractivity contribution < 1.29 is 4.74 Å². The quantitative estimate of drug-likeness (QED) is 0.659. The molecule has 1 aliphatic heterocycles. The Hall–Kier alpha value is -1.07. The molecule has 1 heterocycles. The molecule has 0 radical (unpaired) electrons. The van der Waals surface area contributed by atoms with E-state index < -0.39 is 0 Å². The van der Waals surface area contributed by atoms with E-state index in [0.717, 1.165) is 43.0 Å². The summed E-state index contributed by atoms with van der Waals surface area (Å²) in [5.74, 6) is 0.818. The van der Waals surface area contributed by atoms with Crippen LogP contribution in [0.1, 0.15) is 18.4 Å². The van der Waals surface area contributed by atoms with Gasteiger partial charge in [-0.15, -0.1) is 0 Å². The van der Waals surface area contributed by atoms with Gasteiger partial charge in [-0.2, -0.15) is 0 Å². The molecule has 0 amide bonds. The first-order valence-corrected chi connectivity index (χ1v) is 7.38. The van der Waals surface area contributed by atoms with Crippen LogP contribution in [0.3, 0.4) is 0 Å². The van der Waals surface area contributed by atoms with Gasteiger partial charge in [0.25, 0.3) is 0 Å². The molecule has 0 aromatic heterocycles. The van der Waals surface area contributed by atoms with Crippen molar-refractivity contribution in [2.24, 2.45) is 4.99 Å². The molecule has 0 spiro atoms. The predicted octanol–water partition coefficient (Wildman–Crippen LogP) is 2.29. The Labute approximate surface area is 122 Å². The van der Waals surface area contributed by atoms with Gasteiger partial charge in [0.2, 0.25) is 0 Å². The minimum Gasteiger partial charge on any atom is -0.376 e. The molecule has 2 N–H and O–H groups in total. The summed E-state index contributed by atoms with van der Waals surface area (Å²) in [7, 11) is 1.78. The van der Waals surface area contributed by atoms with Crippen LogP contribution < -0.4 is 10.6 Å². The Morgan fingerprint density at radius 1 is 1.37 bits per heavy atom. The van der Waals surface area contributed by atoms with Crippen LogP contribution in [0.15, 0.2) is 33.7 Å². The lowest BCUT2D eigenvalue weighted by Gasteiger charge is -2.15. The van der Waals surface area contributed by atoms with E-state index in [1.165, 1.54) is 5.56 Å². The number of aliphatic imine (C=N–C) groups is 1. The molecule has 0 saturated carbocycles. The third-order valence-electron chi connectivity index (χ3n) is 3.12. The number of hydrogen-bond acceptors (Lipinski definition) is 2. The second-order valence-electron chi connectivity index (χ2n) is 4.57. The summed E-state index contributed by atoms with van der Waals surface area (Å²) < 4.78 is 6.67. The molecular formula is C14H20BrN3O. The molecule has 1 fully saturated rings. The SMILES string of the molecule is CN=C(NCc1ccc(Br)cc1)NCC1CCCO1. The summed E-state index contributed by atoms with van der Waals surface area (Å²) in [5.41, 5.74) is 1.23. The lowest BCUT2D eigenvalue weighted by atomic mass is 10.2. The first-order chi connectivity index (χ1) is 9.28. The maximum atomic E-state index is 5.57. The fourth-order valence-corrected chi connectivity index (χ4v) is 2.29. The highest BCUT2D eigenvalue weighted by atomic mass is 79.9. The number of hydrogen-bond donors (Lipinski definition) is 2. The van der Waals surface area contributed by atoms with Gasteiger partial charge < -0.3 is 15.4 Å². The predicted molar refractivity (Wildman–Crippen MR) is 81.3 cm³/mol. The zero-order valence-electron chi connectivity index (χ0n) is 11.2. The molecule has 19 heavy (non-hydrogen) atoms. The normalized spacial score (nSPS) is 19.5. The molecule has 1 aliphatic rings. The summed E-state index contributed by atoms with van der Waals surface area (Å²) in [5, 5.41) is 6.59. The van der Waals surface area contributed by atoms with E-state index in [0.29, 0.717) is 6.10 Å². The van der Waals surface area contributed by atoms with E-state index in [1.54, 1.807) is 7.05 Å². The van der Waals surface area contributed by atoms with Crippen molar-refractivity contribution in [3.63, 3.8) is 0 Å². The van der Waals surface area contributed by atoms with Gasteiger partial charge in [-0.3, -0.25) is 4.99 Å². The van der Waals surface area contributed by atoms with Crippen LogP contribution in [0.25, 0.3) is 0 Å². The summed E-state index contributed by atoms with van der Waals surface area (Å²) in [4.78, 5) is 4.21. The molecule has 5 heteroatoms. The number of halogens is 1. The number of guanidine groups is 1. The van der Waals surface area contributed by atoms with E-state index in [4.69, 9.17) is 4.74 Å². The summed E-state index contributed by atoms with van der Waals surface area (Å²) in [6.07, 6.45) is 2.62. The number of benzene rings is 1. The average molecular weight is 326 g/mol. The van der Waals surface area contributed by atoms with Gasteiger partial charge in [0.1, 0.15) is 0 Å². The molecule has 0 bridgehead atoms. The van der Waals surface area contributed by atoms with Gasteiger partial charge in [0, 0.05) is 31.2 Å². The largest absolute Gasteiger partial charge is 0.376 e. The number of ether oxygens (including phenoxy) is 1. The minimum atomic E-state index is 0.325. The van der Waals surface area contributed by atoms with Gasteiger partial charge in [-0.25, -0.2) is 0 Å². The number of nitrogens with one attached hydrogen (secondary N) is 2. The Morgan fingerprint density at radius 3 is 2.79 bits per heavy atom. The Balaban J connectivity index is 1.74. The zero-order valence-corrected chi connectivity index (χ0v) is 12.7. The van der Waals surface area contributed by atoms with Gasteiger partial charge >= 0.3 is 0 Å². The van der Waals surface area contributed by atoms with Gasteiger partial charge in [0.15, 0.2) is 5.96 Å². The van der Waals surface area contributed by atoms with E-state index in [9.17, 15) is 0 Å². The fourth-order valence-electron chi connectivity index (χ4n) is 2.02. The second-order valence-corrected chi connectivity index (χ2v) is 5.48. The summed E-state index contributed by atoms with van der Waals surface area (Å²) in [6, 6.07) is 8.26. The molecule has 1 saturated heterocycles. The van der Waals surface area contributed by atoms with Crippen molar-refractivity contribution in [2.75, 3.05) is 20.2 Å². The molecule has 1 aromatic carbocycles. The molecule has 1 aromatic rings. The highest BCUT2D eigenvalue weighted by Gasteiger charge is 2.15. The number of nitrogens with zero attached hydrogens (tertiary/aromatic N) is 1. The Morgan fingerprint density at radius 2 is 2.16 bits per heavy atom. The molecule has 1 atom stereocenters. The van der Waals surface area contributed by atoms with E-state index >= 15 is 0 Å². The minimum absolute atomic E-state index is 0.325. The maximum absolute atomic E-state index is 5.57. The lowest BCUT2D eigenvalue weighted by molar-refractivity contribution is 0.114. The third-order valence-corrected chi connectivity index (χ3v) is 3.65. The number of rotatable bonds is 4. The zero-order chi connectivity index (χ0) is 13.5. The first kappa shape index (κ1) is 14.3. The van der Waals surface area contributed by atoms with Crippen LogP contribution in [0.4, 0.5) is 0 Å². The summed E-state index contributed by atoms with van der Waals surface area (Å²) in [6.45, 7) is 2.47. The molecular weight excluding hydrogens is 306 g/mol. The van der Waals surface area contributed by atoms with Crippen LogP contribution >= 0.6 is 15.9 Å². The Kier molecular flexibility index (Phi) is 5.66. The van der Waals surface area contributed by atoms with Crippen LogP contribution in [-0.4, -0.2) is 32.3 Å². The van der Waals surface area contributed by atoms with E-state index in [-0.39, 0.29) is 0 Å². The monoisotopic (exact) mass is 325 g/mol. The summed E-state index contributed by atoms with van der Waals surface area (Å²) >= 11 is 3.43. The van der Waals surface area contributed by atoms with Crippen molar-refractivity contribution in [1.29, 1.82) is 0 Å². The lowest BCUT2D eigenvalue weighted by Crippen LogP contribution is -2.40. The highest BCUT2D eigenvalue weighted by molar-refractivity contribution is 9.10. The van der Waals surface area contributed by atoms with Crippen molar-refractivity contribution >= 4 is 21.9 Å². The fraction of sp³-hybridized carbons (Fsp3) is 0.500. The molecule has 4 nitrogen and oxygen atoms in total. The Bertz CT molecular complexity index is 413. The average Bonchev–Trinajstić information content (AvgIpc) is 2.94. The molecule has 1 unspecified atom stereocenters. The maximum Gasteiger partial charge on any atom is 0.191 e. The van der Waals surface area contributed by atoms with E-state index in [2.05, 4.69) is 43.7 Å². The van der Waals surface area contributed by atoms with Crippen LogP contribution in [0.2, 0.25) is 0 Å². The molecule has 2 rings (SSSR count).